The zero-order chi connectivity index (χ0) is 88.6. The molecule has 656 valence electrons. The fourth-order valence-electron chi connectivity index (χ4n) is 13.9. The molecule has 4 unspecified atom stereocenters. The number of rotatable bonds is 22. The average Bonchev–Trinajstić information content (AvgIpc) is 1.04. The van der Waals surface area contributed by atoms with Crippen LogP contribution in [0.15, 0.2) is 142 Å². The summed E-state index contributed by atoms with van der Waals surface area (Å²) in [5.74, 6) is -5.93. The number of alkyl halides is 3. The molecule has 6 heterocycles. The van der Waals surface area contributed by atoms with Crippen molar-refractivity contribution in [3.63, 3.8) is 0 Å². The van der Waals surface area contributed by atoms with Crippen LogP contribution < -0.4 is 5.32 Å². The predicted molar refractivity (Wildman–Crippen MR) is 444 cm³/mol. The van der Waals surface area contributed by atoms with Crippen LogP contribution in [0.25, 0.3) is 0 Å². The summed E-state index contributed by atoms with van der Waals surface area (Å²) in [6.45, 7) is 3.80. The van der Waals surface area contributed by atoms with E-state index in [0.29, 0.717) is 52.1 Å². The van der Waals surface area contributed by atoms with Gasteiger partial charge in [0.1, 0.15) is 29.1 Å². The zero-order valence-electron chi connectivity index (χ0n) is 64.8. The van der Waals surface area contributed by atoms with E-state index in [1.807, 2.05) is 0 Å². The molecule has 120 heavy (non-hydrogen) atoms. The molecule has 0 bridgehead atoms. The standard InChI is InChI=1S/C19H18BrClFNO3S.C17H19ClFN3O3S.C15H19ClFNO3S.C14H17ClFNO3S.C13H13ClF4N2O3S/c20-15-4-6-16(7-5-15)27(25,26)23-9-1-2-13(12-23)10-19(24)14-3-8-17(21)18(22)11-14;1-21-10-17(20-11-21)26(24,25)22-6-2-3-12(9-22)7-16(23)13-4-5-14(18)15(19)8-13;1-2-22(20,21)18-7-3-4-11(10-18)8-15(19)12-5-6-13(16)14(17)9-12;1-21(19,20)17-6-2-3-10(9-17)7-14(18)11-4-5-12(15)13(16)8-11;14-10-4-3-9(6-11(10)15)19-12(21)8-2-1-5-20(7-8)24(22,23)13(16,17)18/h3-8,11,13H,1-2,9-10,12H2;4-5,8,10-12H,2-3,6-7,9H2,1H3;5-6,9,11H,2-4,7-8,10H2,1H3;4-5,8,10H,2-3,6-7,9H2,1H3;3-4,6,8H,1-2,5,7H2,(H,19,21)/t;;;;8-/m....0/s1. The molecular weight excluding hydrogens is 1860 g/mol. The molecule has 1 aromatic heterocycles. The Balaban J connectivity index is 0.000000187. The smallest absolute Gasteiger partial charge is 0.339 e. The number of nitrogens with one attached hydrogen (secondary N) is 1. The number of amides is 1. The number of imidazole rings is 1. The van der Waals surface area contributed by atoms with Gasteiger partial charge >= 0.3 is 15.5 Å². The van der Waals surface area contributed by atoms with Crippen LogP contribution in [-0.4, -0.2) is 185 Å². The van der Waals surface area contributed by atoms with Crippen molar-refractivity contribution < 1.29 is 101 Å². The molecule has 7 aromatic rings. The number of benzene rings is 6. The van der Waals surface area contributed by atoms with Gasteiger partial charge in [-0.2, -0.15) is 26.1 Å². The molecule has 5 fully saturated rings. The van der Waals surface area contributed by atoms with Gasteiger partial charge < -0.3 is 9.88 Å². The number of Topliss-reactive ketones (excluding diaryl/α,β-unsaturated/α-hetero) is 4. The number of anilines is 1. The van der Waals surface area contributed by atoms with Gasteiger partial charge in [-0.25, -0.2) is 77.6 Å². The maximum atomic E-state index is 13.6. The molecule has 6 aromatic carbocycles. The summed E-state index contributed by atoms with van der Waals surface area (Å²) in [4.78, 5) is 65.5. The van der Waals surface area contributed by atoms with Crippen LogP contribution >= 0.6 is 73.9 Å². The van der Waals surface area contributed by atoms with Gasteiger partial charge in [-0.15, -0.1) is 0 Å². The number of sulfonamides is 5. The zero-order valence-corrected chi connectivity index (χ0v) is 74.2. The Hall–Kier alpha value is -6.40. The molecule has 0 radical (unpaired) electrons. The first-order valence-electron chi connectivity index (χ1n) is 37.6. The highest BCUT2D eigenvalue weighted by Crippen LogP contribution is 2.35. The molecular formula is C78H86BrCl5F8N8O15S5. The highest BCUT2D eigenvalue weighted by Gasteiger charge is 2.51. The van der Waals surface area contributed by atoms with Crippen LogP contribution in [0, 0.1) is 58.7 Å². The second-order valence-corrected chi connectivity index (χ2v) is 42.2. The molecule has 0 spiro atoms. The number of carbonyl (C=O) groups excluding carboxylic acids is 5. The lowest BCUT2D eigenvalue weighted by atomic mass is 9.92. The SMILES string of the molecule is CCS(=O)(=O)N1CCCC(CC(=O)c2ccc(Cl)c(F)c2)C1.CS(=O)(=O)N1CCCC(CC(=O)c2ccc(Cl)c(F)c2)C1.Cn1cnc(S(=O)(=O)N2CCCC(CC(=O)c3ccc(Cl)c(F)c3)C2)c1.O=C(CC1CCCN(S(=O)(=O)c2ccc(Br)cc2)C1)c1ccc(Cl)c(F)c1.O=C(Nc1ccc(Cl)c(F)c1)[C@H]1CCCN(S(=O)(=O)C(F)(F)F)C1. The van der Waals surface area contributed by atoms with Crippen molar-refractivity contribution in [3.8, 4) is 0 Å². The van der Waals surface area contributed by atoms with Gasteiger partial charge in [0.2, 0.25) is 36.0 Å². The van der Waals surface area contributed by atoms with E-state index >= 15 is 0 Å². The summed E-state index contributed by atoms with van der Waals surface area (Å²) in [6, 6.07) is 25.9. The van der Waals surface area contributed by atoms with Gasteiger partial charge in [0.25, 0.3) is 10.0 Å². The molecule has 1 N–H and O–H groups in total. The van der Waals surface area contributed by atoms with Crippen molar-refractivity contribution in [2.45, 2.75) is 112 Å². The second-order valence-electron chi connectivity index (χ2n) is 29.3. The third-order valence-corrected chi connectivity index (χ3v) is 30.7. The third-order valence-electron chi connectivity index (χ3n) is 20.3. The summed E-state index contributed by atoms with van der Waals surface area (Å²) in [6.07, 6.45) is 11.1. The fraction of sp³-hybridized carbons (Fsp3) is 0.436. The summed E-state index contributed by atoms with van der Waals surface area (Å²) in [5.41, 5.74) is -4.28. The van der Waals surface area contributed by atoms with Gasteiger partial charge in [-0.05, 0) is 210 Å². The van der Waals surface area contributed by atoms with E-state index in [0.717, 1.165) is 73.3 Å². The van der Waals surface area contributed by atoms with Gasteiger partial charge in [0.05, 0.1) is 54.3 Å². The van der Waals surface area contributed by atoms with Gasteiger partial charge in [0, 0.05) is 137 Å². The Labute approximate surface area is 725 Å². The summed E-state index contributed by atoms with van der Waals surface area (Å²) in [5, 5.41) is 2.10. The van der Waals surface area contributed by atoms with E-state index in [-0.39, 0.29) is 178 Å². The maximum Gasteiger partial charge on any atom is 0.511 e. The fourth-order valence-corrected chi connectivity index (χ4v) is 21.0. The van der Waals surface area contributed by atoms with Crippen molar-refractivity contribution in [1.82, 2.24) is 31.1 Å². The minimum Gasteiger partial charge on any atom is -0.339 e. The number of hydrogen-bond acceptors (Lipinski definition) is 16. The minimum atomic E-state index is -5.48. The second kappa shape index (κ2) is 43.5. The lowest BCUT2D eigenvalue weighted by molar-refractivity contribution is -0.121. The van der Waals surface area contributed by atoms with Crippen LogP contribution in [0.3, 0.4) is 0 Å². The van der Waals surface area contributed by atoms with Gasteiger partial charge in [-0.1, -0.05) is 73.9 Å². The first-order chi connectivity index (χ1) is 56.2. The lowest BCUT2D eigenvalue weighted by Gasteiger charge is -2.31. The molecule has 0 aliphatic carbocycles. The number of hydrogen-bond donors (Lipinski definition) is 1. The maximum absolute atomic E-state index is 13.6. The molecule has 5 saturated heterocycles. The summed E-state index contributed by atoms with van der Waals surface area (Å²) in [7, 11) is -17.5. The quantitative estimate of drug-likeness (QED) is 0.0487. The Morgan fingerprint density at radius 3 is 1.16 bits per heavy atom. The van der Waals surface area contributed by atoms with Crippen molar-refractivity contribution in [3.05, 3.63) is 209 Å². The van der Waals surface area contributed by atoms with Crippen molar-refractivity contribution in [2.75, 3.05) is 82.8 Å². The van der Waals surface area contributed by atoms with Crippen molar-refractivity contribution >= 4 is 159 Å². The van der Waals surface area contributed by atoms with Gasteiger partial charge in [-0.3, -0.25) is 24.0 Å². The Kier molecular flexibility index (Phi) is 35.9. The number of nitrogens with zero attached hydrogens (tertiary/aromatic N) is 7. The Morgan fingerprint density at radius 1 is 0.458 bits per heavy atom. The van der Waals surface area contributed by atoms with Gasteiger partial charge in [0.15, 0.2) is 28.2 Å². The number of piperidine rings is 5. The number of carbonyl (C=O) groups is 5. The van der Waals surface area contributed by atoms with E-state index in [2.05, 4.69) is 26.2 Å². The molecule has 5 atom stereocenters. The van der Waals surface area contributed by atoms with E-state index in [9.17, 15) is 101 Å². The van der Waals surface area contributed by atoms with E-state index in [1.165, 1.54) is 96.7 Å². The van der Waals surface area contributed by atoms with E-state index in [1.54, 1.807) is 42.8 Å². The number of halogens is 14. The Bertz CT molecular complexity index is 5470. The molecule has 5 aliphatic heterocycles. The van der Waals surface area contributed by atoms with Crippen LogP contribution in [0.5, 0.6) is 0 Å². The molecule has 12 rings (SSSR count). The van der Waals surface area contributed by atoms with Crippen LogP contribution in [0.1, 0.15) is 138 Å². The molecule has 0 saturated carbocycles. The molecule has 1 amide bonds. The molecule has 42 heteroatoms. The monoisotopic (exact) mass is 1940 g/mol. The topological polar surface area (TPSA) is 302 Å². The normalized spacial score (nSPS) is 19.5. The number of aromatic nitrogens is 2. The highest BCUT2D eigenvalue weighted by molar-refractivity contribution is 9.10. The third kappa shape index (κ3) is 27.8. The van der Waals surface area contributed by atoms with Crippen molar-refractivity contribution in [2.24, 2.45) is 36.6 Å². The Morgan fingerprint density at radius 2 is 0.800 bits per heavy atom. The summed E-state index contributed by atoms with van der Waals surface area (Å²) >= 11 is 31.3. The largest absolute Gasteiger partial charge is 0.511 e. The van der Waals surface area contributed by atoms with Crippen LogP contribution in [0.2, 0.25) is 25.1 Å². The number of aryl methyl sites for hydroxylation is 1. The first-order valence-corrected chi connectivity index (χ1v) is 48.0. The predicted octanol–water partition coefficient (Wildman–Crippen LogP) is 16.6. The van der Waals surface area contributed by atoms with E-state index < -0.39 is 103 Å². The van der Waals surface area contributed by atoms with Crippen LogP contribution in [-0.2, 0) is 62.0 Å². The molecule has 5 aliphatic rings. The average molecular weight is 1950 g/mol. The van der Waals surface area contributed by atoms with E-state index in [4.69, 9.17) is 58.0 Å². The lowest BCUT2D eigenvalue weighted by Crippen LogP contribution is -2.48. The van der Waals surface area contributed by atoms with Crippen LogP contribution in [0.4, 0.5) is 40.8 Å². The summed E-state index contributed by atoms with van der Waals surface area (Å²) < 4.78 is 234. The first kappa shape index (κ1) is 99.0. The molecule has 23 nitrogen and oxygen atoms in total. The highest BCUT2D eigenvalue weighted by atomic mass is 79.9. The minimum absolute atomic E-state index is 0.00625. The number of ketones is 4. The van der Waals surface area contributed by atoms with Crippen molar-refractivity contribution in [1.29, 1.82) is 0 Å².